The number of likely N-dealkylation sites (tertiary alicyclic amines) is 2. The van der Waals surface area contributed by atoms with E-state index in [0.29, 0.717) is 55.2 Å². The normalized spacial score (nSPS) is 34.4. The Labute approximate surface area is 202 Å². The van der Waals surface area contributed by atoms with Crippen LogP contribution in [0.1, 0.15) is 45.4 Å². The van der Waals surface area contributed by atoms with Crippen molar-refractivity contribution in [2.75, 3.05) is 38.7 Å². The predicted molar refractivity (Wildman–Crippen MR) is 128 cm³/mol. The molecule has 5 rings (SSSR count). The molecule has 6 atom stereocenters. The van der Waals surface area contributed by atoms with Crippen LogP contribution < -0.4 is 5.32 Å². The summed E-state index contributed by atoms with van der Waals surface area (Å²) in [5, 5.41) is 13.3. The number of piperidine rings is 2. The molecule has 1 aromatic rings. The monoisotopic (exact) mass is 470 g/mol. The fraction of sp³-hybridized carbons (Fsp3) is 0.731. The number of pyridine rings is 1. The van der Waals surface area contributed by atoms with Gasteiger partial charge in [-0.25, -0.2) is 9.78 Å². The van der Waals surface area contributed by atoms with E-state index in [1.165, 1.54) is 0 Å². The lowest BCUT2D eigenvalue weighted by Gasteiger charge is -2.58. The van der Waals surface area contributed by atoms with E-state index < -0.39 is 0 Å². The largest absolute Gasteiger partial charge is 0.394 e. The van der Waals surface area contributed by atoms with Crippen LogP contribution in [0.25, 0.3) is 0 Å². The molecule has 4 aliphatic rings. The van der Waals surface area contributed by atoms with E-state index in [9.17, 15) is 14.7 Å². The molecule has 1 aromatic heterocycles. The molecule has 0 bridgehead atoms. The summed E-state index contributed by atoms with van der Waals surface area (Å²) in [6, 6.07) is 5.28. The SMILES string of the molecule is COC1CCC2C(C1)CC1C2C2(CCN(C(=O)Nc3ccccn3)CC2)CN(C(C)=O)[C@H]1CO. The smallest absolute Gasteiger partial charge is 0.323 e. The van der Waals surface area contributed by atoms with Gasteiger partial charge in [-0.1, -0.05) is 6.07 Å². The highest BCUT2D eigenvalue weighted by atomic mass is 16.5. The van der Waals surface area contributed by atoms with Gasteiger partial charge in [-0.15, -0.1) is 0 Å². The van der Waals surface area contributed by atoms with E-state index >= 15 is 0 Å². The number of carbonyl (C=O) groups is 2. The number of anilines is 1. The topological polar surface area (TPSA) is 95.0 Å². The molecule has 3 heterocycles. The molecule has 0 aromatic carbocycles. The molecule has 8 nitrogen and oxygen atoms in total. The van der Waals surface area contributed by atoms with Gasteiger partial charge in [-0.05, 0) is 79.7 Å². The van der Waals surface area contributed by atoms with Crippen molar-refractivity contribution in [1.29, 1.82) is 0 Å². The fourth-order valence-corrected chi connectivity index (χ4v) is 7.96. The van der Waals surface area contributed by atoms with E-state index in [2.05, 4.69) is 10.3 Å². The number of hydrogen-bond acceptors (Lipinski definition) is 5. The number of aromatic nitrogens is 1. The summed E-state index contributed by atoms with van der Waals surface area (Å²) in [5.41, 5.74) is 0.00308. The van der Waals surface area contributed by atoms with Crippen LogP contribution >= 0.6 is 0 Å². The average Bonchev–Trinajstić information content (AvgIpc) is 3.24. The molecule has 34 heavy (non-hydrogen) atoms. The number of methoxy groups -OCH3 is 1. The third-order valence-electron chi connectivity index (χ3n) is 9.45. The Bertz CT molecular complexity index is 888. The summed E-state index contributed by atoms with van der Waals surface area (Å²) in [4.78, 5) is 33.6. The summed E-state index contributed by atoms with van der Waals surface area (Å²) in [7, 11) is 1.81. The molecule has 8 heteroatoms. The van der Waals surface area contributed by atoms with Crippen LogP contribution in [0.2, 0.25) is 0 Å². The molecule has 2 N–H and O–H groups in total. The average molecular weight is 471 g/mol. The second-order valence-corrected chi connectivity index (χ2v) is 10.9. The Kier molecular flexibility index (Phi) is 6.55. The van der Waals surface area contributed by atoms with Crippen LogP contribution in [-0.4, -0.2) is 77.3 Å². The number of ether oxygens (including phenoxy) is 1. The Hall–Kier alpha value is -2.19. The van der Waals surface area contributed by atoms with Crippen LogP contribution in [0.4, 0.5) is 10.6 Å². The molecule has 3 amide bonds. The van der Waals surface area contributed by atoms with Crippen molar-refractivity contribution in [2.45, 2.75) is 57.6 Å². The number of aliphatic hydroxyl groups excluding tert-OH is 1. The molecule has 1 spiro atoms. The summed E-state index contributed by atoms with van der Waals surface area (Å²) < 4.78 is 5.72. The van der Waals surface area contributed by atoms with Crippen molar-refractivity contribution in [3.63, 3.8) is 0 Å². The van der Waals surface area contributed by atoms with Gasteiger partial charge in [0.1, 0.15) is 5.82 Å². The molecule has 5 unspecified atom stereocenters. The van der Waals surface area contributed by atoms with Crippen LogP contribution in [0.3, 0.4) is 0 Å². The van der Waals surface area contributed by atoms with Gasteiger partial charge in [0.25, 0.3) is 0 Å². The summed E-state index contributed by atoms with van der Waals surface area (Å²) >= 11 is 0. The van der Waals surface area contributed by atoms with Crippen molar-refractivity contribution >= 4 is 17.8 Å². The minimum absolute atomic E-state index is 0.00308. The minimum Gasteiger partial charge on any atom is -0.394 e. The van der Waals surface area contributed by atoms with Gasteiger partial charge in [0.05, 0.1) is 18.8 Å². The molecule has 0 radical (unpaired) electrons. The van der Waals surface area contributed by atoms with Gasteiger partial charge < -0.3 is 19.6 Å². The highest BCUT2D eigenvalue weighted by Crippen LogP contribution is 2.62. The first-order chi connectivity index (χ1) is 16.5. The lowest BCUT2D eigenvalue weighted by Crippen LogP contribution is -2.63. The summed E-state index contributed by atoms with van der Waals surface area (Å²) in [6.07, 6.45) is 8.18. The highest BCUT2D eigenvalue weighted by Gasteiger charge is 2.61. The first kappa shape index (κ1) is 23.5. The Morgan fingerprint density at radius 2 is 2.00 bits per heavy atom. The maximum absolute atomic E-state index is 12.9. The van der Waals surface area contributed by atoms with Crippen LogP contribution in [0, 0.1) is 29.1 Å². The molecular formula is C26H38N4O4. The van der Waals surface area contributed by atoms with Gasteiger partial charge in [0.2, 0.25) is 5.91 Å². The van der Waals surface area contributed by atoms with E-state index in [-0.39, 0.29) is 30.0 Å². The van der Waals surface area contributed by atoms with Crippen LogP contribution in [0.15, 0.2) is 24.4 Å². The second-order valence-electron chi connectivity index (χ2n) is 10.9. The number of amides is 3. The van der Waals surface area contributed by atoms with Gasteiger partial charge >= 0.3 is 6.03 Å². The number of fused-ring (bicyclic) bond motifs is 4. The molecule has 2 saturated heterocycles. The molecule has 2 saturated carbocycles. The third kappa shape index (κ3) is 4.09. The number of hydrogen-bond donors (Lipinski definition) is 2. The maximum Gasteiger partial charge on any atom is 0.323 e. The van der Waals surface area contributed by atoms with Crippen molar-refractivity contribution in [3.05, 3.63) is 24.4 Å². The van der Waals surface area contributed by atoms with Crippen molar-refractivity contribution in [2.24, 2.45) is 29.1 Å². The number of carbonyl (C=O) groups excluding carboxylic acids is 2. The molecule has 4 fully saturated rings. The maximum atomic E-state index is 12.9. The zero-order valence-electron chi connectivity index (χ0n) is 20.4. The number of aliphatic hydroxyl groups is 1. The van der Waals surface area contributed by atoms with Crippen LogP contribution in [-0.2, 0) is 9.53 Å². The first-order valence-electron chi connectivity index (χ1n) is 12.8. The fourth-order valence-electron chi connectivity index (χ4n) is 7.96. The Morgan fingerprint density at radius 3 is 2.65 bits per heavy atom. The lowest BCUT2D eigenvalue weighted by atomic mass is 9.57. The van der Waals surface area contributed by atoms with E-state index in [1.54, 1.807) is 19.2 Å². The molecule has 2 aliphatic carbocycles. The number of rotatable bonds is 3. The van der Waals surface area contributed by atoms with Crippen molar-refractivity contribution in [1.82, 2.24) is 14.8 Å². The number of nitrogens with zero attached hydrogens (tertiary/aromatic N) is 3. The number of nitrogens with one attached hydrogen (secondary N) is 1. The predicted octanol–water partition coefficient (Wildman–Crippen LogP) is 2.99. The Balaban J connectivity index is 1.36. The van der Waals surface area contributed by atoms with Gasteiger partial charge in [-0.2, -0.15) is 0 Å². The van der Waals surface area contributed by atoms with E-state index in [4.69, 9.17) is 4.74 Å². The summed E-state index contributed by atoms with van der Waals surface area (Å²) in [5.74, 6) is 2.64. The van der Waals surface area contributed by atoms with Crippen LogP contribution in [0.5, 0.6) is 0 Å². The standard InChI is InChI=1S/C26H38N4O4/c1-17(32)30-16-26(8-11-29(12-9-26)25(33)28-23-5-3-4-10-27-23)24-20-7-6-19(34-2)13-18(20)14-21(24)22(30)15-31/h3-5,10,18-22,24,31H,6-9,11-16H2,1-2H3,(H,27,28,33)/t18?,19?,20?,21?,22-,24?/m0/s1. The lowest BCUT2D eigenvalue weighted by molar-refractivity contribution is -0.151. The summed E-state index contributed by atoms with van der Waals surface area (Å²) in [6.45, 7) is 3.71. The van der Waals surface area contributed by atoms with Gasteiger partial charge in [-0.3, -0.25) is 10.1 Å². The third-order valence-corrected chi connectivity index (χ3v) is 9.45. The zero-order valence-corrected chi connectivity index (χ0v) is 20.4. The van der Waals surface area contributed by atoms with Crippen molar-refractivity contribution in [3.8, 4) is 0 Å². The second kappa shape index (κ2) is 9.46. The zero-order chi connectivity index (χ0) is 23.9. The molecule has 2 aliphatic heterocycles. The number of urea groups is 1. The molecule has 186 valence electrons. The highest BCUT2D eigenvalue weighted by molar-refractivity contribution is 5.88. The quantitative estimate of drug-likeness (QED) is 0.708. The van der Waals surface area contributed by atoms with Crippen molar-refractivity contribution < 1.29 is 19.4 Å². The first-order valence-corrected chi connectivity index (χ1v) is 12.8. The van der Waals surface area contributed by atoms with Gasteiger partial charge in [0.15, 0.2) is 0 Å². The Morgan fingerprint density at radius 1 is 1.21 bits per heavy atom. The minimum atomic E-state index is -0.109. The van der Waals surface area contributed by atoms with Gasteiger partial charge in [0, 0.05) is 39.9 Å². The molecular weight excluding hydrogens is 432 g/mol. The van der Waals surface area contributed by atoms with E-state index in [0.717, 1.165) is 38.5 Å². The van der Waals surface area contributed by atoms with E-state index in [1.807, 2.05) is 29.0 Å².